The van der Waals surface area contributed by atoms with E-state index in [1.54, 1.807) is 18.2 Å². The van der Waals surface area contributed by atoms with Crippen molar-refractivity contribution in [2.75, 3.05) is 13.1 Å². The van der Waals surface area contributed by atoms with Crippen LogP contribution in [0, 0.1) is 11.3 Å². The Morgan fingerprint density at radius 1 is 1.19 bits per heavy atom. The summed E-state index contributed by atoms with van der Waals surface area (Å²) in [5, 5.41) is 9.79. The lowest BCUT2D eigenvalue weighted by atomic mass is 10.0. The molecule has 31 heavy (non-hydrogen) atoms. The number of hydrogen-bond donors (Lipinski definition) is 1. The van der Waals surface area contributed by atoms with Crippen LogP contribution < -0.4 is 5.73 Å². The minimum Gasteiger partial charge on any atom is -0.338 e. The first-order valence-corrected chi connectivity index (χ1v) is 10.1. The average molecular weight is 423 g/mol. The van der Waals surface area contributed by atoms with Crippen molar-refractivity contribution >= 4 is 16.9 Å². The molecule has 2 N–H and O–H groups in total. The summed E-state index contributed by atoms with van der Waals surface area (Å²) in [6.45, 7) is 3.80. The van der Waals surface area contributed by atoms with E-state index in [0.717, 1.165) is 16.8 Å². The standard InChI is InChI=1S/C23H23F2N5O/c1-22(2,27)19-12-16-11-17(21(31)29-9-7-23(24,25)8-10-29)14-28-20(16)30(19)18-5-3-15(13-26)4-6-18/h3-6,11-12,14H,7-10,27H2,1-2H3. The summed E-state index contributed by atoms with van der Waals surface area (Å²) < 4.78 is 28.8. The van der Waals surface area contributed by atoms with Crippen LogP contribution in [0.3, 0.4) is 0 Å². The molecular formula is C23H23F2N5O. The van der Waals surface area contributed by atoms with E-state index in [0.29, 0.717) is 16.8 Å². The predicted octanol–water partition coefficient (Wildman–Crippen LogP) is 3.96. The van der Waals surface area contributed by atoms with E-state index < -0.39 is 11.5 Å². The summed E-state index contributed by atoms with van der Waals surface area (Å²) in [7, 11) is 0. The molecule has 1 amide bonds. The van der Waals surface area contributed by atoms with Crippen molar-refractivity contribution in [2.24, 2.45) is 5.73 Å². The van der Waals surface area contributed by atoms with E-state index >= 15 is 0 Å². The van der Waals surface area contributed by atoms with E-state index in [9.17, 15) is 13.6 Å². The maximum absolute atomic E-state index is 13.4. The summed E-state index contributed by atoms with van der Waals surface area (Å²) >= 11 is 0. The Hall–Kier alpha value is -3.31. The number of piperidine rings is 1. The molecule has 0 unspecified atom stereocenters. The number of pyridine rings is 1. The Morgan fingerprint density at radius 3 is 2.42 bits per heavy atom. The molecule has 1 aliphatic heterocycles. The second kappa shape index (κ2) is 7.43. The van der Waals surface area contributed by atoms with E-state index in [2.05, 4.69) is 11.1 Å². The number of fused-ring (bicyclic) bond motifs is 1. The highest BCUT2D eigenvalue weighted by Crippen LogP contribution is 2.31. The van der Waals surface area contributed by atoms with Gasteiger partial charge in [-0.15, -0.1) is 0 Å². The molecule has 1 saturated heterocycles. The van der Waals surface area contributed by atoms with Crippen molar-refractivity contribution < 1.29 is 13.6 Å². The molecule has 1 fully saturated rings. The number of nitriles is 1. The van der Waals surface area contributed by atoms with Crippen LogP contribution in [0.2, 0.25) is 0 Å². The number of carbonyl (C=O) groups is 1. The van der Waals surface area contributed by atoms with Crippen LogP contribution in [0.5, 0.6) is 0 Å². The lowest BCUT2D eigenvalue weighted by Gasteiger charge is -2.31. The smallest absolute Gasteiger partial charge is 0.255 e. The van der Waals surface area contributed by atoms with Crippen LogP contribution in [-0.2, 0) is 5.54 Å². The number of alkyl halides is 2. The first-order valence-electron chi connectivity index (χ1n) is 10.1. The quantitative estimate of drug-likeness (QED) is 0.691. The van der Waals surface area contributed by atoms with Gasteiger partial charge in [0.15, 0.2) is 0 Å². The van der Waals surface area contributed by atoms with E-state index in [1.807, 2.05) is 36.6 Å². The van der Waals surface area contributed by atoms with Gasteiger partial charge in [0, 0.05) is 48.9 Å². The first-order chi connectivity index (χ1) is 14.6. The molecule has 0 atom stereocenters. The molecule has 4 rings (SSSR count). The molecule has 1 aliphatic rings. The van der Waals surface area contributed by atoms with Crippen molar-refractivity contribution in [1.82, 2.24) is 14.5 Å². The fraction of sp³-hybridized carbons (Fsp3) is 0.348. The molecule has 160 valence electrons. The number of nitrogens with two attached hydrogens (primary N) is 1. The van der Waals surface area contributed by atoms with Crippen molar-refractivity contribution in [2.45, 2.75) is 38.2 Å². The van der Waals surface area contributed by atoms with Gasteiger partial charge in [-0.2, -0.15) is 5.26 Å². The Labute approximate surface area is 178 Å². The minimum atomic E-state index is -2.71. The van der Waals surface area contributed by atoms with E-state index in [4.69, 9.17) is 11.0 Å². The summed E-state index contributed by atoms with van der Waals surface area (Å²) in [4.78, 5) is 18.8. The lowest BCUT2D eigenvalue weighted by Crippen LogP contribution is -2.42. The molecule has 2 aromatic heterocycles. The SMILES string of the molecule is CC(C)(N)c1cc2cc(C(=O)N3CCC(F)(F)CC3)cnc2n1-c1ccc(C#N)cc1. The predicted molar refractivity (Wildman–Crippen MR) is 113 cm³/mol. The fourth-order valence-corrected chi connectivity index (χ4v) is 3.85. The van der Waals surface area contributed by atoms with Gasteiger partial charge in [-0.25, -0.2) is 13.8 Å². The lowest BCUT2D eigenvalue weighted by molar-refractivity contribution is -0.0494. The van der Waals surface area contributed by atoms with Gasteiger partial charge in [0.1, 0.15) is 5.65 Å². The highest BCUT2D eigenvalue weighted by molar-refractivity contribution is 5.97. The molecule has 0 saturated carbocycles. The average Bonchev–Trinajstić information content (AvgIpc) is 3.12. The Balaban J connectivity index is 1.75. The van der Waals surface area contributed by atoms with Crippen molar-refractivity contribution in [1.29, 1.82) is 5.26 Å². The summed E-state index contributed by atoms with van der Waals surface area (Å²) in [6.07, 6.45) is 0.828. The van der Waals surface area contributed by atoms with Gasteiger partial charge >= 0.3 is 0 Å². The number of carbonyl (C=O) groups excluding carboxylic acids is 1. The molecule has 0 aliphatic carbocycles. The van der Waals surface area contributed by atoms with Gasteiger partial charge < -0.3 is 10.6 Å². The number of halogens is 2. The monoisotopic (exact) mass is 423 g/mol. The minimum absolute atomic E-state index is 0.0250. The zero-order valence-corrected chi connectivity index (χ0v) is 17.4. The molecule has 0 radical (unpaired) electrons. The molecule has 0 bridgehead atoms. The number of benzene rings is 1. The van der Waals surface area contributed by atoms with E-state index in [-0.39, 0.29) is 31.8 Å². The second-order valence-electron chi connectivity index (χ2n) is 8.53. The maximum atomic E-state index is 13.4. The highest BCUT2D eigenvalue weighted by Gasteiger charge is 2.36. The van der Waals surface area contributed by atoms with Gasteiger partial charge in [-0.3, -0.25) is 9.36 Å². The number of hydrogen-bond acceptors (Lipinski definition) is 4. The van der Waals surface area contributed by atoms with Crippen molar-refractivity contribution in [3.63, 3.8) is 0 Å². The third-order valence-corrected chi connectivity index (χ3v) is 5.58. The van der Waals surface area contributed by atoms with E-state index in [1.165, 1.54) is 11.1 Å². The third kappa shape index (κ3) is 4.01. The van der Waals surface area contributed by atoms with Gasteiger partial charge in [0.05, 0.1) is 22.7 Å². The van der Waals surface area contributed by atoms with Crippen LogP contribution in [0.25, 0.3) is 16.7 Å². The molecule has 3 heterocycles. The molecular weight excluding hydrogens is 400 g/mol. The molecule has 6 nitrogen and oxygen atoms in total. The second-order valence-corrected chi connectivity index (χ2v) is 8.53. The Kier molecular flexibility index (Phi) is 5.02. The fourth-order valence-electron chi connectivity index (χ4n) is 3.85. The van der Waals surface area contributed by atoms with Crippen molar-refractivity contribution in [3.05, 3.63) is 59.4 Å². The Morgan fingerprint density at radius 2 is 1.84 bits per heavy atom. The van der Waals surface area contributed by atoms with Crippen LogP contribution >= 0.6 is 0 Å². The van der Waals surface area contributed by atoms with Crippen LogP contribution in [0.1, 0.15) is 48.3 Å². The zero-order chi connectivity index (χ0) is 22.4. The van der Waals surface area contributed by atoms with Gasteiger partial charge in [-0.1, -0.05) is 0 Å². The summed E-state index contributed by atoms with van der Waals surface area (Å²) in [5.41, 5.74) is 8.83. The summed E-state index contributed by atoms with van der Waals surface area (Å²) in [5.74, 6) is -3.01. The molecule has 8 heteroatoms. The zero-order valence-electron chi connectivity index (χ0n) is 17.4. The van der Waals surface area contributed by atoms with Gasteiger partial charge in [0.25, 0.3) is 11.8 Å². The number of aromatic nitrogens is 2. The maximum Gasteiger partial charge on any atom is 0.255 e. The first kappa shape index (κ1) is 20.9. The van der Waals surface area contributed by atoms with Gasteiger partial charge in [-0.05, 0) is 50.2 Å². The third-order valence-electron chi connectivity index (χ3n) is 5.58. The number of likely N-dealkylation sites (tertiary alicyclic amines) is 1. The summed E-state index contributed by atoms with van der Waals surface area (Å²) in [6, 6.07) is 12.8. The molecule has 3 aromatic rings. The highest BCUT2D eigenvalue weighted by atomic mass is 19.3. The van der Waals surface area contributed by atoms with Crippen molar-refractivity contribution in [3.8, 4) is 11.8 Å². The molecule has 1 aromatic carbocycles. The Bertz CT molecular complexity index is 1180. The molecule has 0 spiro atoms. The topological polar surface area (TPSA) is 87.9 Å². The van der Waals surface area contributed by atoms with Crippen LogP contribution in [-0.4, -0.2) is 39.4 Å². The number of rotatable bonds is 3. The van der Waals surface area contributed by atoms with Crippen LogP contribution in [0.15, 0.2) is 42.6 Å². The largest absolute Gasteiger partial charge is 0.338 e. The number of amides is 1. The van der Waals surface area contributed by atoms with Gasteiger partial charge in [0.2, 0.25) is 0 Å². The normalized spacial score (nSPS) is 16.3. The number of nitrogens with zero attached hydrogens (tertiary/aromatic N) is 4. The van der Waals surface area contributed by atoms with Crippen LogP contribution in [0.4, 0.5) is 8.78 Å².